The van der Waals surface area contributed by atoms with Crippen LogP contribution in [0.4, 0.5) is 0 Å². The summed E-state index contributed by atoms with van der Waals surface area (Å²) in [6.45, 7) is 6.42. The van der Waals surface area contributed by atoms with Gasteiger partial charge in [0.2, 0.25) is 11.8 Å². The number of carbonyl (C=O) groups is 2. The van der Waals surface area contributed by atoms with Crippen LogP contribution in [-0.4, -0.2) is 29.9 Å². The van der Waals surface area contributed by atoms with Crippen molar-refractivity contribution in [2.75, 3.05) is 6.54 Å². The smallest absolute Gasteiger partial charge is 0.223 e. The minimum atomic E-state index is -0.327. The Kier molecular flexibility index (Phi) is 7.15. The number of rotatable bonds is 8. The van der Waals surface area contributed by atoms with Gasteiger partial charge >= 0.3 is 0 Å². The van der Waals surface area contributed by atoms with E-state index >= 15 is 0 Å². The third-order valence-corrected chi connectivity index (χ3v) is 4.65. The highest BCUT2D eigenvalue weighted by Crippen LogP contribution is 2.24. The van der Waals surface area contributed by atoms with E-state index in [0.29, 0.717) is 13.0 Å². The molecule has 122 valence electrons. The fourth-order valence-electron chi connectivity index (χ4n) is 2.72. The van der Waals surface area contributed by atoms with Crippen molar-refractivity contribution in [2.24, 2.45) is 11.7 Å². The Bertz CT molecular complexity index is 347. The first-order valence-corrected chi connectivity index (χ1v) is 8.26. The van der Waals surface area contributed by atoms with Crippen LogP contribution in [0.1, 0.15) is 65.7 Å². The zero-order valence-electron chi connectivity index (χ0n) is 13.7. The van der Waals surface area contributed by atoms with Crippen LogP contribution in [0.2, 0.25) is 0 Å². The van der Waals surface area contributed by atoms with Gasteiger partial charge < -0.3 is 16.4 Å². The predicted molar refractivity (Wildman–Crippen MR) is 84.7 cm³/mol. The lowest BCUT2D eigenvalue weighted by atomic mass is 9.94. The second-order valence-corrected chi connectivity index (χ2v) is 6.44. The summed E-state index contributed by atoms with van der Waals surface area (Å²) in [6.07, 6.45) is 6.21. The largest absolute Gasteiger partial charge is 0.354 e. The Balaban J connectivity index is 2.28. The first-order chi connectivity index (χ1) is 9.90. The van der Waals surface area contributed by atoms with Crippen molar-refractivity contribution in [3.63, 3.8) is 0 Å². The highest BCUT2D eigenvalue weighted by atomic mass is 16.2. The minimum Gasteiger partial charge on any atom is -0.354 e. The maximum Gasteiger partial charge on any atom is 0.223 e. The summed E-state index contributed by atoms with van der Waals surface area (Å²) < 4.78 is 0. The fourth-order valence-corrected chi connectivity index (χ4v) is 2.72. The Hall–Kier alpha value is -1.10. The van der Waals surface area contributed by atoms with Gasteiger partial charge in [0.05, 0.1) is 0 Å². The van der Waals surface area contributed by atoms with Gasteiger partial charge in [-0.3, -0.25) is 9.59 Å². The van der Waals surface area contributed by atoms with Gasteiger partial charge in [0.15, 0.2) is 0 Å². The van der Waals surface area contributed by atoms with Crippen LogP contribution >= 0.6 is 0 Å². The molecule has 0 heterocycles. The van der Waals surface area contributed by atoms with Crippen molar-refractivity contribution in [3.8, 4) is 0 Å². The molecule has 0 bridgehead atoms. The van der Waals surface area contributed by atoms with Gasteiger partial charge in [-0.15, -0.1) is 0 Å². The molecule has 0 aromatic rings. The molecule has 1 aliphatic carbocycles. The number of hydrogen-bond acceptors (Lipinski definition) is 3. The summed E-state index contributed by atoms with van der Waals surface area (Å²) in [6, 6.07) is -0.131. The predicted octanol–water partition coefficient (Wildman–Crippen LogP) is 1.71. The number of nitrogens with one attached hydrogen (secondary N) is 2. The molecule has 0 aliphatic heterocycles. The quantitative estimate of drug-likeness (QED) is 0.637. The van der Waals surface area contributed by atoms with Crippen LogP contribution < -0.4 is 16.4 Å². The normalized spacial score (nSPS) is 17.5. The van der Waals surface area contributed by atoms with E-state index in [1.165, 1.54) is 0 Å². The Labute approximate surface area is 128 Å². The SMILES string of the molecule is CCC(N)(CC)CNC(=O)CC(C)NC(=O)C1CCCC1. The summed E-state index contributed by atoms with van der Waals surface area (Å²) in [7, 11) is 0. The molecule has 5 heteroatoms. The molecule has 4 N–H and O–H groups in total. The van der Waals surface area contributed by atoms with E-state index in [-0.39, 0.29) is 29.3 Å². The summed E-state index contributed by atoms with van der Waals surface area (Å²) in [5, 5.41) is 5.83. The van der Waals surface area contributed by atoms with Crippen molar-refractivity contribution in [2.45, 2.75) is 77.3 Å². The minimum absolute atomic E-state index is 0.0500. The molecule has 2 amide bonds. The summed E-state index contributed by atoms with van der Waals surface area (Å²) >= 11 is 0. The van der Waals surface area contributed by atoms with Gasteiger partial charge in [-0.25, -0.2) is 0 Å². The lowest BCUT2D eigenvalue weighted by Crippen LogP contribution is -2.50. The first kappa shape index (κ1) is 18.0. The van der Waals surface area contributed by atoms with E-state index in [4.69, 9.17) is 5.73 Å². The number of hydrogen-bond donors (Lipinski definition) is 3. The second-order valence-electron chi connectivity index (χ2n) is 6.44. The molecule has 1 aliphatic rings. The number of nitrogens with two attached hydrogens (primary N) is 1. The van der Waals surface area contributed by atoms with Crippen LogP contribution in [0.5, 0.6) is 0 Å². The average Bonchev–Trinajstić information content (AvgIpc) is 2.99. The molecular weight excluding hydrogens is 266 g/mol. The van der Waals surface area contributed by atoms with Crippen LogP contribution in [0.25, 0.3) is 0 Å². The molecule has 0 aromatic heterocycles. The Morgan fingerprint density at radius 1 is 1.24 bits per heavy atom. The van der Waals surface area contributed by atoms with Gasteiger partial charge in [0, 0.05) is 30.5 Å². The second kappa shape index (κ2) is 8.37. The molecule has 0 saturated heterocycles. The molecule has 1 rings (SSSR count). The van der Waals surface area contributed by atoms with Gasteiger partial charge in [-0.1, -0.05) is 26.7 Å². The molecule has 0 aromatic carbocycles. The fraction of sp³-hybridized carbons (Fsp3) is 0.875. The molecule has 0 radical (unpaired) electrons. The number of amides is 2. The van der Waals surface area contributed by atoms with E-state index in [9.17, 15) is 9.59 Å². The Morgan fingerprint density at radius 2 is 1.81 bits per heavy atom. The zero-order chi connectivity index (χ0) is 15.9. The molecule has 21 heavy (non-hydrogen) atoms. The van der Waals surface area contributed by atoms with Gasteiger partial charge in [0.1, 0.15) is 0 Å². The van der Waals surface area contributed by atoms with E-state index in [2.05, 4.69) is 10.6 Å². The topological polar surface area (TPSA) is 84.2 Å². The summed E-state index contributed by atoms with van der Waals surface area (Å²) in [5.74, 6) is 0.196. The standard InChI is InChI=1S/C16H31N3O2/c1-4-16(17,5-2)11-18-14(20)10-12(3)19-15(21)13-8-6-7-9-13/h12-13H,4-11,17H2,1-3H3,(H,18,20)(H,19,21). The van der Waals surface area contributed by atoms with E-state index in [1.807, 2.05) is 20.8 Å². The van der Waals surface area contributed by atoms with Crippen molar-refractivity contribution in [1.82, 2.24) is 10.6 Å². The van der Waals surface area contributed by atoms with Gasteiger partial charge in [-0.2, -0.15) is 0 Å². The van der Waals surface area contributed by atoms with E-state index in [0.717, 1.165) is 38.5 Å². The molecule has 1 fully saturated rings. The van der Waals surface area contributed by atoms with Crippen LogP contribution in [0.15, 0.2) is 0 Å². The third kappa shape index (κ3) is 6.04. The van der Waals surface area contributed by atoms with Crippen molar-refractivity contribution in [3.05, 3.63) is 0 Å². The molecule has 0 spiro atoms. The van der Waals surface area contributed by atoms with Gasteiger partial charge in [-0.05, 0) is 32.6 Å². The van der Waals surface area contributed by atoms with E-state index in [1.54, 1.807) is 0 Å². The zero-order valence-corrected chi connectivity index (χ0v) is 13.7. The van der Waals surface area contributed by atoms with Gasteiger partial charge in [0.25, 0.3) is 0 Å². The molecule has 1 unspecified atom stereocenters. The lowest BCUT2D eigenvalue weighted by molar-refractivity contribution is -0.126. The Morgan fingerprint density at radius 3 is 2.33 bits per heavy atom. The molecule has 1 saturated carbocycles. The number of carbonyl (C=O) groups excluding carboxylic acids is 2. The van der Waals surface area contributed by atoms with Crippen LogP contribution in [-0.2, 0) is 9.59 Å². The van der Waals surface area contributed by atoms with E-state index < -0.39 is 0 Å². The molecular formula is C16H31N3O2. The summed E-state index contributed by atoms with van der Waals surface area (Å²) in [5.41, 5.74) is 5.83. The third-order valence-electron chi connectivity index (χ3n) is 4.65. The van der Waals surface area contributed by atoms with Crippen molar-refractivity contribution >= 4 is 11.8 Å². The van der Waals surface area contributed by atoms with Crippen molar-refractivity contribution in [1.29, 1.82) is 0 Å². The highest BCUT2D eigenvalue weighted by molar-refractivity contribution is 5.81. The van der Waals surface area contributed by atoms with Crippen LogP contribution in [0.3, 0.4) is 0 Å². The summed E-state index contributed by atoms with van der Waals surface area (Å²) in [4.78, 5) is 23.9. The lowest BCUT2D eigenvalue weighted by Gasteiger charge is -2.27. The van der Waals surface area contributed by atoms with Crippen molar-refractivity contribution < 1.29 is 9.59 Å². The molecule has 5 nitrogen and oxygen atoms in total. The average molecular weight is 297 g/mol. The maximum absolute atomic E-state index is 12.0. The monoisotopic (exact) mass is 297 g/mol. The first-order valence-electron chi connectivity index (χ1n) is 8.26. The van der Waals surface area contributed by atoms with Crippen LogP contribution in [0, 0.1) is 5.92 Å². The highest BCUT2D eigenvalue weighted by Gasteiger charge is 2.25. The maximum atomic E-state index is 12.0. The molecule has 1 atom stereocenters.